The largest absolute Gasteiger partial charge is 0.455 e. The number of rotatable bonds is 3. The van der Waals surface area contributed by atoms with Crippen molar-refractivity contribution in [2.24, 2.45) is 0 Å². The summed E-state index contributed by atoms with van der Waals surface area (Å²) < 4.78 is 5.80. The fraction of sp³-hybridized carbons (Fsp3) is 0.143. The molecule has 2 aromatic rings. The van der Waals surface area contributed by atoms with Crippen LogP contribution in [0.1, 0.15) is 0 Å². The lowest BCUT2D eigenvalue weighted by atomic mass is 10.2. The minimum Gasteiger partial charge on any atom is -0.455 e. The van der Waals surface area contributed by atoms with E-state index in [1.54, 1.807) is 12.1 Å². The summed E-state index contributed by atoms with van der Waals surface area (Å²) in [6.45, 7) is 0. The van der Waals surface area contributed by atoms with Crippen molar-refractivity contribution in [3.63, 3.8) is 0 Å². The second-order valence-corrected chi connectivity index (χ2v) is 4.59. The first kappa shape index (κ1) is 13.2. The number of para-hydroxylation sites is 1. The predicted octanol–water partition coefficient (Wildman–Crippen LogP) is 4.68. The fourth-order valence-electron chi connectivity index (χ4n) is 1.66. The van der Waals surface area contributed by atoms with Gasteiger partial charge in [-0.1, -0.05) is 29.8 Å². The van der Waals surface area contributed by atoms with E-state index >= 15 is 0 Å². The van der Waals surface area contributed by atoms with Gasteiger partial charge in [0.05, 0.1) is 11.8 Å². The highest BCUT2D eigenvalue weighted by Gasteiger charge is 2.19. The Balaban J connectivity index is 2.46. The van der Waals surface area contributed by atoms with Gasteiger partial charge in [0.2, 0.25) is 5.39 Å². The third-order valence-corrected chi connectivity index (χ3v) is 2.89. The van der Waals surface area contributed by atoms with E-state index < -0.39 is 0 Å². The molecular formula is C14H13ClN3O+. The van der Waals surface area contributed by atoms with Gasteiger partial charge in [0, 0.05) is 14.1 Å². The molecule has 0 saturated heterocycles. The Morgan fingerprint density at radius 3 is 2.42 bits per heavy atom. The minimum absolute atomic E-state index is 0.276. The van der Waals surface area contributed by atoms with Gasteiger partial charge in [0.15, 0.2) is 10.7 Å². The van der Waals surface area contributed by atoms with Gasteiger partial charge >= 0.3 is 5.69 Å². The van der Waals surface area contributed by atoms with E-state index in [-0.39, 0.29) is 5.69 Å². The Bertz CT molecular complexity index is 621. The van der Waals surface area contributed by atoms with Crippen molar-refractivity contribution >= 4 is 23.0 Å². The molecule has 96 valence electrons. The summed E-state index contributed by atoms with van der Waals surface area (Å²) in [5.41, 5.74) is 1.08. The number of benzene rings is 2. The standard InChI is InChI=1S/C14H13ClN3O/c1-18(2)13-8-11(15)12(17-16)9-14(13)19-10-6-4-3-5-7-10/h3-9H,1-2H3/q+1. The van der Waals surface area contributed by atoms with Crippen LogP contribution < -0.4 is 9.64 Å². The first-order valence-corrected chi connectivity index (χ1v) is 6.08. The van der Waals surface area contributed by atoms with Gasteiger partial charge in [0.25, 0.3) is 0 Å². The number of anilines is 1. The number of ether oxygens (including phenoxy) is 1. The first-order chi connectivity index (χ1) is 9.11. The van der Waals surface area contributed by atoms with Crippen LogP contribution in [0.4, 0.5) is 11.4 Å². The van der Waals surface area contributed by atoms with Crippen molar-refractivity contribution in [3.8, 4) is 11.5 Å². The van der Waals surface area contributed by atoms with Gasteiger partial charge < -0.3 is 9.64 Å². The molecule has 0 atom stereocenters. The van der Waals surface area contributed by atoms with E-state index in [4.69, 9.17) is 21.7 Å². The molecule has 0 aliphatic heterocycles. The van der Waals surface area contributed by atoms with E-state index in [2.05, 4.69) is 4.98 Å². The fourth-order valence-corrected chi connectivity index (χ4v) is 1.85. The van der Waals surface area contributed by atoms with Gasteiger partial charge in [-0.05, 0) is 18.2 Å². The van der Waals surface area contributed by atoms with Crippen molar-refractivity contribution in [1.29, 1.82) is 5.39 Å². The van der Waals surface area contributed by atoms with Crippen LogP contribution in [0.5, 0.6) is 11.5 Å². The lowest BCUT2D eigenvalue weighted by Crippen LogP contribution is -2.09. The van der Waals surface area contributed by atoms with Crippen LogP contribution in [0.2, 0.25) is 5.02 Å². The van der Waals surface area contributed by atoms with E-state index in [0.717, 1.165) is 5.69 Å². The number of nitrogens with zero attached hydrogens (tertiary/aromatic N) is 3. The molecule has 0 amide bonds. The maximum atomic E-state index is 8.91. The third-order valence-electron chi connectivity index (χ3n) is 2.59. The molecule has 0 aromatic heterocycles. The van der Waals surface area contributed by atoms with Gasteiger partial charge in [-0.25, -0.2) is 0 Å². The lowest BCUT2D eigenvalue weighted by Gasteiger charge is -2.17. The second-order valence-electron chi connectivity index (χ2n) is 4.18. The van der Waals surface area contributed by atoms with Crippen molar-refractivity contribution in [1.82, 2.24) is 0 Å². The monoisotopic (exact) mass is 274 g/mol. The van der Waals surface area contributed by atoms with Crippen LogP contribution in [0, 0.1) is 5.39 Å². The van der Waals surface area contributed by atoms with Crippen molar-refractivity contribution < 1.29 is 4.74 Å². The SMILES string of the molecule is CN(C)c1cc(Cl)c([N+]#N)cc1Oc1ccccc1. The summed E-state index contributed by atoms with van der Waals surface area (Å²) >= 11 is 6.01. The molecule has 4 nitrogen and oxygen atoms in total. The van der Waals surface area contributed by atoms with Crippen LogP contribution >= 0.6 is 11.6 Å². The van der Waals surface area contributed by atoms with Gasteiger partial charge in [-0.15, -0.1) is 0 Å². The molecule has 0 N–H and O–H groups in total. The molecular weight excluding hydrogens is 262 g/mol. The summed E-state index contributed by atoms with van der Waals surface area (Å²) in [6.07, 6.45) is 0. The first-order valence-electron chi connectivity index (χ1n) is 5.70. The van der Waals surface area contributed by atoms with E-state index in [1.165, 1.54) is 0 Å². The lowest BCUT2D eigenvalue weighted by molar-refractivity contribution is 0.483. The number of hydrogen-bond acceptors (Lipinski definition) is 3. The molecule has 0 unspecified atom stereocenters. The van der Waals surface area contributed by atoms with Crippen LogP contribution in [-0.4, -0.2) is 14.1 Å². The van der Waals surface area contributed by atoms with Gasteiger partial charge in [-0.2, -0.15) is 0 Å². The maximum Gasteiger partial charge on any atom is 0.407 e. The molecule has 0 aliphatic carbocycles. The average Bonchev–Trinajstić information content (AvgIpc) is 2.41. The predicted molar refractivity (Wildman–Crippen MR) is 77.0 cm³/mol. The number of diazo groups is 1. The zero-order chi connectivity index (χ0) is 13.8. The summed E-state index contributed by atoms with van der Waals surface area (Å²) in [6, 6.07) is 12.7. The molecule has 0 radical (unpaired) electrons. The maximum absolute atomic E-state index is 8.91. The summed E-state index contributed by atoms with van der Waals surface area (Å²) in [4.78, 5) is 5.02. The Morgan fingerprint density at radius 1 is 1.16 bits per heavy atom. The molecule has 19 heavy (non-hydrogen) atoms. The van der Waals surface area contributed by atoms with E-state index in [9.17, 15) is 0 Å². The molecule has 0 fully saturated rings. The van der Waals surface area contributed by atoms with Crippen molar-refractivity contribution in [2.75, 3.05) is 19.0 Å². The van der Waals surface area contributed by atoms with Crippen molar-refractivity contribution in [3.05, 3.63) is 52.5 Å². The molecule has 2 rings (SSSR count). The number of halogens is 1. The smallest absolute Gasteiger partial charge is 0.407 e. The summed E-state index contributed by atoms with van der Waals surface area (Å²) in [5, 5.41) is 9.28. The highest BCUT2D eigenvalue weighted by Crippen LogP contribution is 2.39. The van der Waals surface area contributed by atoms with Crippen LogP contribution in [0.15, 0.2) is 42.5 Å². The van der Waals surface area contributed by atoms with E-state index in [1.807, 2.05) is 49.3 Å². The highest BCUT2D eigenvalue weighted by atomic mass is 35.5. The van der Waals surface area contributed by atoms with E-state index in [0.29, 0.717) is 16.5 Å². The molecule has 0 saturated carbocycles. The minimum atomic E-state index is 0.276. The molecule has 0 aliphatic rings. The molecule has 2 aromatic carbocycles. The van der Waals surface area contributed by atoms with Crippen LogP contribution in [-0.2, 0) is 0 Å². The number of hydrogen-bond donors (Lipinski definition) is 0. The Morgan fingerprint density at radius 2 is 1.84 bits per heavy atom. The topological polar surface area (TPSA) is 40.6 Å². The van der Waals surface area contributed by atoms with Crippen molar-refractivity contribution in [2.45, 2.75) is 0 Å². The van der Waals surface area contributed by atoms with Gasteiger partial charge in [-0.3, -0.25) is 0 Å². The molecule has 0 heterocycles. The zero-order valence-corrected chi connectivity index (χ0v) is 11.4. The molecule has 0 bridgehead atoms. The Hall–Kier alpha value is -2.25. The van der Waals surface area contributed by atoms with Crippen LogP contribution in [0.3, 0.4) is 0 Å². The van der Waals surface area contributed by atoms with Crippen LogP contribution in [0.25, 0.3) is 4.98 Å². The quantitative estimate of drug-likeness (QED) is 0.763. The normalized spacial score (nSPS) is 9.79. The molecule has 0 spiro atoms. The average molecular weight is 275 g/mol. The summed E-state index contributed by atoms with van der Waals surface area (Å²) in [7, 11) is 3.78. The Kier molecular flexibility index (Phi) is 3.88. The van der Waals surface area contributed by atoms with Gasteiger partial charge in [0.1, 0.15) is 10.8 Å². The zero-order valence-electron chi connectivity index (χ0n) is 10.7. The Labute approximate surface area is 116 Å². The molecule has 5 heteroatoms. The summed E-state index contributed by atoms with van der Waals surface area (Å²) in [5.74, 6) is 1.28. The highest BCUT2D eigenvalue weighted by molar-refractivity contribution is 6.33. The third kappa shape index (κ3) is 2.95. The second kappa shape index (κ2) is 5.59.